The maximum atomic E-state index is 18.1. The van der Waals surface area contributed by atoms with E-state index in [4.69, 9.17) is 78.1 Å². The highest BCUT2D eigenvalue weighted by Crippen LogP contribution is 2.74. The van der Waals surface area contributed by atoms with Crippen molar-refractivity contribution < 1.29 is 133 Å². The third-order valence-corrected chi connectivity index (χ3v) is 28.8. The van der Waals surface area contributed by atoms with Crippen molar-refractivity contribution in [3.05, 3.63) is 53.6 Å². The van der Waals surface area contributed by atoms with Crippen LogP contribution in [0.3, 0.4) is 0 Å². The number of benzene rings is 1. The molecule has 6 fully saturated rings. The van der Waals surface area contributed by atoms with Crippen LogP contribution in [0.5, 0.6) is 0 Å². The highest BCUT2D eigenvalue weighted by molar-refractivity contribution is 6.44. The number of alkyl halides is 2. The number of ketones is 2. The van der Waals surface area contributed by atoms with Crippen molar-refractivity contribution in [2.24, 2.45) is 67.0 Å². The fraction of sp³-hybridized carbons (Fsp3) is 0.750. The standard InChI is InChI=1S/C100H156F2N14O25/c1-11-22-86-140-82-61-71-72-60-74(101)73-59-70(117)31-36-95(73,4)99(72,102)80(118)62-98(71,7)100(82,141-86)81(119)63-110-94(128)138-64-68-27-29-69(30-28-68)111-89(123)77(25-21-38-108-92(103)126)113-91(125)87(67(2)3)114-90(124)76(112-84(121)33-44-130-48-52-134-56-58-136-54-50-132-46-41-109-93(127)139-65-79-96(5)34-18-12-13-19-35-97(79,96)6)24-17-20-37-106-85(122)66-137-78-26-16-14-15-23-75(88(78)115-104)105-40-45-131-49-53-135-57-55-133-51-47-129-43-32-83(120)107-39-42-116(8,9)10/h27-31,36,59,67,71-72,74,76-80,82,86-87,118H,11,14-26,32-35,37-58,60-66H2,1-10H3,(H12-,103,104,105,106,107,108,109,110,111,112,113,114,120,121,122,123,124,125,126,127,128)/p+1/t71-,72-,74-,76+,77-,78?,79?,80-,82+,86?,87-,95-,96-,97+,98-,99-,100+/m0/s1. The molecule has 141 heavy (non-hydrogen) atoms. The fourth-order valence-electron chi connectivity index (χ4n) is 20.6. The first-order valence-corrected chi connectivity index (χ1v) is 50.3. The van der Waals surface area contributed by atoms with Gasteiger partial charge in [-0.2, -0.15) is 5.10 Å². The van der Waals surface area contributed by atoms with E-state index in [0.717, 1.165) is 62.0 Å². The molecule has 8 aliphatic rings. The van der Waals surface area contributed by atoms with Gasteiger partial charge in [-0.3, -0.25) is 43.3 Å². The number of nitrogens with one attached hydrogen (secondary N) is 9. The Kier molecular flexibility index (Phi) is 46.5. The van der Waals surface area contributed by atoms with Gasteiger partial charge in [0.25, 0.3) is 0 Å². The molecule has 14 N–H and O–H groups in total. The number of hydrogen-bond acceptors (Lipinski definition) is 28. The van der Waals surface area contributed by atoms with Crippen LogP contribution in [0.4, 0.5) is 28.9 Å². The van der Waals surface area contributed by atoms with Crippen molar-refractivity contribution in [2.75, 3.05) is 191 Å². The highest BCUT2D eigenvalue weighted by atomic mass is 19.1. The Bertz CT molecular complexity index is 4440. The monoisotopic (exact) mass is 1990 g/mol. The molecule has 1 heterocycles. The summed E-state index contributed by atoms with van der Waals surface area (Å²) >= 11 is 0. The van der Waals surface area contributed by atoms with Crippen molar-refractivity contribution in [3.63, 3.8) is 0 Å². The van der Waals surface area contributed by atoms with Gasteiger partial charge >= 0.3 is 18.2 Å². The van der Waals surface area contributed by atoms with Crippen LogP contribution < -0.4 is 59.4 Å². The quantitative estimate of drug-likeness (QED) is 0.0112. The summed E-state index contributed by atoms with van der Waals surface area (Å²) in [6.07, 6.45) is 5.26. The molecule has 790 valence electrons. The Morgan fingerprint density at radius 1 is 0.645 bits per heavy atom. The number of anilines is 1. The van der Waals surface area contributed by atoms with E-state index in [0.29, 0.717) is 147 Å². The first-order valence-electron chi connectivity index (χ1n) is 50.3. The average Bonchev–Trinajstić information content (AvgIpc) is 1.54. The zero-order chi connectivity index (χ0) is 102. The van der Waals surface area contributed by atoms with Crippen molar-refractivity contribution in [1.82, 2.24) is 42.5 Å². The minimum Gasteiger partial charge on any atom is -0.449 e. The van der Waals surface area contributed by atoms with Gasteiger partial charge in [0.2, 0.25) is 35.4 Å². The first-order chi connectivity index (χ1) is 67.5. The topological polar surface area (TPSA) is 513 Å². The number of carbonyl (C=O) groups excluding carboxylic acids is 11. The molecule has 1 aliphatic heterocycles. The summed E-state index contributed by atoms with van der Waals surface area (Å²) in [6.45, 7) is 18.9. The number of Topliss-reactive ketones (excluding diaryl/α,β-unsaturated/α-hetero) is 1. The number of alkyl carbamates (subject to hydrolysis) is 2. The minimum atomic E-state index is -2.42. The normalized spacial score (nSPS) is 27.2. The van der Waals surface area contributed by atoms with Gasteiger partial charge < -0.3 is 131 Å². The van der Waals surface area contributed by atoms with Gasteiger partial charge in [0.1, 0.15) is 49.3 Å². The SMILES string of the molecule is CCCC1O[C@@H]2C[C@H]3[C@@H]4C[C@H](F)C5=CC(=O)C=C[C@]5(C)[C@@]4(F)[C@@H](O)C[C@]3(C)[C@]2(C(=O)CNC(=O)OCc2ccc(NC(=O)[C@H](CCCNC(N)=O)NC(=O)[C@@H](NC(=O)[C@@H](CCCCNC(=O)COC3CCCCCC(=NCCOCCOCCOCCOCCC(=O)NCC[N+](C)(C)C)/C3=N\N)NC(=O)CCOCCOCCOCCOCCNC(=O)OCC3[C@]4(C)CCC#CCC[C@]34C)C(C)C)cc2)O1. The van der Waals surface area contributed by atoms with Gasteiger partial charge in [-0.25, -0.2) is 23.2 Å². The summed E-state index contributed by atoms with van der Waals surface area (Å²) in [7, 11) is 6.20. The van der Waals surface area contributed by atoms with Gasteiger partial charge in [0.15, 0.2) is 29.1 Å². The van der Waals surface area contributed by atoms with E-state index in [1.165, 1.54) is 31.2 Å². The number of nitrogens with zero attached hydrogens (tertiary/aromatic N) is 3. The number of amides is 10. The molecular formula is C100H157F2N14O25+. The molecule has 17 atom stereocenters. The predicted molar refractivity (Wildman–Crippen MR) is 518 cm³/mol. The second-order valence-electron chi connectivity index (χ2n) is 39.8. The number of hydrogen-bond donors (Lipinski definition) is 12. The molecule has 0 spiro atoms. The summed E-state index contributed by atoms with van der Waals surface area (Å²) in [5, 5.41) is 40.8. The lowest BCUT2D eigenvalue weighted by atomic mass is 9.44. The van der Waals surface area contributed by atoms with Crippen molar-refractivity contribution in [3.8, 4) is 11.8 Å². The zero-order valence-corrected chi connectivity index (χ0v) is 84.2. The van der Waals surface area contributed by atoms with Crippen LogP contribution in [0.25, 0.3) is 0 Å². The van der Waals surface area contributed by atoms with E-state index in [9.17, 15) is 57.8 Å². The lowest BCUT2D eigenvalue weighted by molar-refractivity contribution is -0.869. The number of aliphatic imine (C=N–C) groups is 1. The van der Waals surface area contributed by atoms with E-state index in [-0.39, 0.29) is 152 Å². The molecule has 10 amide bonds. The van der Waals surface area contributed by atoms with Crippen molar-refractivity contribution in [2.45, 2.75) is 250 Å². The lowest BCUT2D eigenvalue weighted by Gasteiger charge is -2.63. The zero-order valence-electron chi connectivity index (χ0n) is 84.2. The first kappa shape index (κ1) is 115. The van der Waals surface area contributed by atoms with E-state index >= 15 is 8.78 Å². The molecule has 0 radical (unpaired) electrons. The Morgan fingerprint density at radius 3 is 1.87 bits per heavy atom. The molecule has 0 aromatic heterocycles. The number of ether oxygens (including phenoxy) is 13. The fourth-order valence-corrected chi connectivity index (χ4v) is 20.6. The lowest BCUT2D eigenvalue weighted by Crippen LogP contribution is -2.71. The molecule has 5 saturated carbocycles. The number of halogens is 2. The summed E-state index contributed by atoms with van der Waals surface area (Å²) in [6, 6.07) is 1.58. The number of carbonyl (C=O) groups is 11. The maximum absolute atomic E-state index is 18.1. The molecule has 1 aromatic carbocycles. The summed E-state index contributed by atoms with van der Waals surface area (Å²) in [5.74, 6) is 6.06. The third kappa shape index (κ3) is 33.1. The molecule has 39 nitrogen and oxygen atoms in total. The molecule has 3 unspecified atom stereocenters. The number of hydrazone groups is 1. The van der Waals surface area contributed by atoms with Gasteiger partial charge in [-0.15, -0.1) is 11.8 Å². The van der Waals surface area contributed by atoms with Gasteiger partial charge in [0.05, 0.1) is 178 Å². The van der Waals surface area contributed by atoms with Crippen LogP contribution in [0.2, 0.25) is 0 Å². The predicted octanol–water partition coefficient (Wildman–Crippen LogP) is 6.26. The van der Waals surface area contributed by atoms with Crippen LogP contribution in [0.1, 0.15) is 189 Å². The summed E-state index contributed by atoms with van der Waals surface area (Å²) in [5.41, 5.74) is 0.242. The number of fused-ring (bicyclic) bond motifs is 8. The van der Waals surface area contributed by atoms with E-state index in [1.807, 2.05) is 6.92 Å². The van der Waals surface area contributed by atoms with Crippen LogP contribution in [-0.2, 0) is 107 Å². The molecule has 1 aromatic rings. The number of allylic oxidation sites excluding steroid dienone is 4. The van der Waals surface area contributed by atoms with Gasteiger partial charge in [-0.05, 0) is 155 Å². The molecular weight excluding hydrogens is 1840 g/mol. The number of quaternary nitrogens is 1. The van der Waals surface area contributed by atoms with E-state index in [1.54, 1.807) is 32.9 Å². The number of rotatable bonds is 62. The number of nitrogens with two attached hydrogens (primary N) is 2. The summed E-state index contributed by atoms with van der Waals surface area (Å²) < 4.78 is 111. The third-order valence-electron chi connectivity index (χ3n) is 28.8. The highest BCUT2D eigenvalue weighted by Gasteiger charge is 2.80. The minimum absolute atomic E-state index is 0.0279. The second kappa shape index (κ2) is 56.8. The molecule has 7 aliphatic carbocycles. The Labute approximate surface area is 827 Å². The average molecular weight is 1990 g/mol. The van der Waals surface area contributed by atoms with E-state index < -0.39 is 155 Å². The van der Waals surface area contributed by atoms with Crippen LogP contribution in [0.15, 0.2) is 58.2 Å². The van der Waals surface area contributed by atoms with Crippen LogP contribution in [-0.4, -0.2) is 332 Å². The Hall–Kier alpha value is -9.29. The Balaban J connectivity index is 0.725. The molecule has 1 saturated heterocycles. The number of aliphatic hydroxyl groups excluding tert-OH is 1. The Morgan fingerprint density at radius 2 is 1.24 bits per heavy atom. The largest absolute Gasteiger partial charge is 0.449 e. The second-order valence-corrected chi connectivity index (χ2v) is 39.8. The number of aliphatic hydroxyl groups is 1. The number of urea groups is 1. The number of unbranched alkanes of at least 4 members (excludes halogenated alkanes) is 1. The smallest absolute Gasteiger partial charge is 0.407 e. The number of primary amides is 1. The van der Waals surface area contributed by atoms with Gasteiger partial charge in [-0.1, -0.05) is 79.0 Å². The number of likely N-dealkylation sites (N-methyl/N-ethyl adjacent to an activating group) is 1. The summed E-state index contributed by atoms with van der Waals surface area (Å²) in [4.78, 5) is 152. The van der Waals surface area contributed by atoms with E-state index in [2.05, 4.69) is 99.8 Å². The van der Waals surface area contributed by atoms with Crippen molar-refractivity contribution in [1.29, 1.82) is 0 Å². The molecule has 0 bridgehead atoms. The maximum Gasteiger partial charge on any atom is 0.407 e. The molecule has 41 heteroatoms. The van der Waals surface area contributed by atoms with Crippen LogP contribution >= 0.6 is 0 Å². The van der Waals surface area contributed by atoms with Gasteiger partial charge in [0, 0.05) is 73.7 Å². The van der Waals surface area contributed by atoms with Crippen LogP contribution in [0, 0.1) is 57.2 Å². The molecule has 9 rings (SSSR count). The van der Waals surface area contributed by atoms with Crippen molar-refractivity contribution >= 4 is 82.3 Å².